The van der Waals surface area contributed by atoms with Gasteiger partial charge in [-0.15, -0.1) is 10.2 Å². The van der Waals surface area contributed by atoms with Crippen LogP contribution in [-0.4, -0.2) is 41.9 Å². The predicted molar refractivity (Wildman–Crippen MR) is 111 cm³/mol. The number of fused-ring (bicyclic) bond motifs is 1. The van der Waals surface area contributed by atoms with Gasteiger partial charge in [0.15, 0.2) is 5.82 Å². The summed E-state index contributed by atoms with van der Waals surface area (Å²) in [4.78, 5) is 15.3. The first-order chi connectivity index (χ1) is 14.5. The monoisotopic (exact) mass is 410 g/mol. The highest BCUT2D eigenvalue weighted by molar-refractivity contribution is 5.83. The van der Waals surface area contributed by atoms with Crippen LogP contribution in [0.1, 0.15) is 49.7 Å². The van der Waals surface area contributed by atoms with Crippen molar-refractivity contribution in [1.29, 1.82) is 0 Å². The topological polar surface area (TPSA) is 68.8 Å². The average molecular weight is 410 g/mol. The maximum Gasteiger partial charge on any atom is 0.233 e. The van der Waals surface area contributed by atoms with E-state index in [1.54, 1.807) is 12.1 Å². The maximum absolute atomic E-state index is 13.4. The third-order valence-corrected chi connectivity index (χ3v) is 5.79. The number of halogens is 1. The van der Waals surface area contributed by atoms with E-state index in [1.165, 1.54) is 12.1 Å². The van der Waals surface area contributed by atoms with E-state index >= 15 is 0 Å². The van der Waals surface area contributed by atoms with Crippen LogP contribution in [0.5, 0.6) is 0 Å². The second kappa shape index (κ2) is 8.38. The zero-order chi connectivity index (χ0) is 21.3. The van der Waals surface area contributed by atoms with Crippen LogP contribution in [-0.2, 0) is 24.4 Å². The molecule has 0 fully saturated rings. The molecule has 3 heterocycles. The van der Waals surface area contributed by atoms with Gasteiger partial charge in [0.25, 0.3) is 0 Å². The number of aromatic nitrogens is 5. The largest absolute Gasteiger partial charge is 0.338 e. The number of benzene rings is 1. The number of likely N-dealkylation sites (N-methyl/N-ethyl adjacent to an activating group) is 1. The molecule has 0 saturated carbocycles. The van der Waals surface area contributed by atoms with Gasteiger partial charge in [-0.2, -0.15) is 5.10 Å². The van der Waals surface area contributed by atoms with Crippen molar-refractivity contribution in [3.05, 3.63) is 53.4 Å². The van der Waals surface area contributed by atoms with Crippen molar-refractivity contribution in [2.24, 2.45) is 0 Å². The van der Waals surface area contributed by atoms with Crippen molar-refractivity contribution >= 4 is 5.91 Å². The van der Waals surface area contributed by atoms with Crippen LogP contribution < -0.4 is 0 Å². The fourth-order valence-corrected chi connectivity index (χ4v) is 4.07. The molecule has 1 aliphatic heterocycles. The molecular formula is C22H27FN6O. The Hall–Kier alpha value is -3.03. The van der Waals surface area contributed by atoms with E-state index in [9.17, 15) is 9.18 Å². The molecule has 158 valence electrons. The molecule has 0 radical (unpaired) electrons. The molecule has 1 unspecified atom stereocenters. The summed E-state index contributed by atoms with van der Waals surface area (Å²) in [7, 11) is 0. The first-order valence-corrected chi connectivity index (χ1v) is 10.5. The quantitative estimate of drug-likeness (QED) is 0.623. The van der Waals surface area contributed by atoms with E-state index in [0.29, 0.717) is 24.7 Å². The van der Waals surface area contributed by atoms with Gasteiger partial charge < -0.3 is 9.47 Å². The van der Waals surface area contributed by atoms with Gasteiger partial charge in [0.1, 0.15) is 11.6 Å². The summed E-state index contributed by atoms with van der Waals surface area (Å²) in [6.45, 7) is 8.74. The van der Waals surface area contributed by atoms with E-state index in [-0.39, 0.29) is 17.6 Å². The highest BCUT2D eigenvalue weighted by Gasteiger charge is 2.33. The Labute approximate surface area is 175 Å². The number of hydrogen-bond acceptors (Lipinski definition) is 4. The van der Waals surface area contributed by atoms with Crippen LogP contribution in [0.25, 0.3) is 11.4 Å². The molecule has 3 aromatic rings. The van der Waals surface area contributed by atoms with Gasteiger partial charge in [-0.05, 0) is 57.9 Å². The fourth-order valence-electron chi connectivity index (χ4n) is 4.07. The zero-order valence-electron chi connectivity index (χ0n) is 17.7. The van der Waals surface area contributed by atoms with E-state index in [4.69, 9.17) is 0 Å². The second-order valence-corrected chi connectivity index (χ2v) is 7.68. The molecule has 1 aliphatic rings. The minimum absolute atomic E-state index is 0.0696. The highest BCUT2D eigenvalue weighted by Crippen LogP contribution is 2.32. The van der Waals surface area contributed by atoms with Gasteiger partial charge in [0.2, 0.25) is 5.91 Å². The number of rotatable bonds is 6. The fraction of sp³-hybridized carbons (Fsp3) is 0.455. The molecule has 0 bridgehead atoms. The molecule has 2 aromatic heterocycles. The second-order valence-electron chi connectivity index (χ2n) is 7.68. The summed E-state index contributed by atoms with van der Waals surface area (Å²) in [5.41, 5.74) is 2.82. The Bertz CT molecular complexity index is 1040. The van der Waals surface area contributed by atoms with E-state index in [1.807, 2.05) is 41.1 Å². The van der Waals surface area contributed by atoms with Gasteiger partial charge in [-0.25, -0.2) is 4.39 Å². The summed E-state index contributed by atoms with van der Waals surface area (Å²) in [5.74, 6) is 0.850. The van der Waals surface area contributed by atoms with Gasteiger partial charge in [0.05, 0.1) is 11.6 Å². The molecule has 0 spiro atoms. The lowest BCUT2D eigenvalue weighted by Crippen LogP contribution is -2.37. The molecule has 7 nitrogen and oxygen atoms in total. The van der Waals surface area contributed by atoms with Gasteiger partial charge >= 0.3 is 0 Å². The predicted octanol–water partition coefficient (Wildman–Crippen LogP) is 3.54. The van der Waals surface area contributed by atoms with Crippen LogP contribution >= 0.6 is 0 Å². The van der Waals surface area contributed by atoms with Crippen molar-refractivity contribution in [2.45, 2.75) is 59.2 Å². The van der Waals surface area contributed by atoms with Crippen molar-refractivity contribution < 1.29 is 9.18 Å². The lowest BCUT2D eigenvalue weighted by Gasteiger charge is -2.29. The number of nitrogens with zero attached hydrogens (tertiary/aromatic N) is 6. The van der Waals surface area contributed by atoms with Crippen molar-refractivity contribution in [2.75, 3.05) is 6.54 Å². The molecule has 30 heavy (non-hydrogen) atoms. The lowest BCUT2D eigenvalue weighted by atomic mass is 9.96. The minimum Gasteiger partial charge on any atom is -0.338 e. The molecule has 1 atom stereocenters. The minimum atomic E-state index is -0.318. The zero-order valence-corrected chi connectivity index (χ0v) is 17.7. The number of aryl methyl sites for hydroxylation is 2. The third kappa shape index (κ3) is 3.74. The summed E-state index contributed by atoms with van der Waals surface area (Å²) in [6, 6.07) is 6.23. The number of amides is 1. The molecule has 8 heteroatoms. The van der Waals surface area contributed by atoms with Gasteiger partial charge in [0, 0.05) is 43.5 Å². The van der Waals surface area contributed by atoms with Gasteiger partial charge in [-0.3, -0.25) is 9.48 Å². The molecule has 0 saturated heterocycles. The molecule has 4 rings (SSSR count). The number of carbonyl (C=O) groups is 1. The van der Waals surface area contributed by atoms with Crippen molar-refractivity contribution in [1.82, 2.24) is 29.4 Å². The third-order valence-electron chi connectivity index (χ3n) is 5.79. The maximum atomic E-state index is 13.4. The first kappa shape index (κ1) is 20.3. The number of carbonyl (C=O) groups excluding carboxylic acids is 1. The van der Waals surface area contributed by atoms with Crippen LogP contribution in [0.4, 0.5) is 4.39 Å². The Morgan fingerprint density at radius 1 is 1.23 bits per heavy atom. The van der Waals surface area contributed by atoms with Crippen LogP contribution in [0.3, 0.4) is 0 Å². The van der Waals surface area contributed by atoms with Crippen LogP contribution in [0.15, 0.2) is 30.5 Å². The molecular weight excluding hydrogens is 383 g/mol. The SMILES string of the molecule is CCN(Cc1cn(CC)nc1C)C(=O)C1CCCn2c(-c3ccc(F)cc3)nnc21. The van der Waals surface area contributed by atoms with E-state index in [0.717, 1.165) is 42.8 Å². The molecule has 0 N–H and O–H groups in total. The molecule has 1 aromatic carbocycles. The average Bonchev–Trinajstić information content (AvgIpc) is 3.35. The smallest absolute Gasteiger partial charge is 0.233 e. The highest BCUT2D eigenvalue weighted by atomic mass is 19.1. The Kier molecular flexibility index (Phi) is 5.65. The summed E-state index contributed by atoms with van der Waals surface area (Å²) in [5, 5.41) is 13.2. The van der Waals surface area contributed by atoms with Crippen LogP contribution in [0.2, 0.25) is 0 Å². The Morgan fingerprint density at radius 3 is 2.67 bits per heavy atom. The molecule has 0 aliphatic carbocycles. The summed E-state index contributed by atoms with van der Waals surface area (Å²) in [6.07, 6.45) is 3.64. The first-order valence-electron chi connectivity index (χ1n) is 10.5. The molecule has 1 amide bonds. The number of hydrogen-bond donors (Lipinski definition) is 0. The van der Waals surface area contributed by atoms with E-state index in [2.05, 4.69) is 15.3 Å². The Balaban J connectivity index is 1.59. The normalized spacial score (nSPS) is 15.8. The Morgan fingerprint density at radius 2 is 2.00 bits per heavy atom. The van der Waals surface area contributed by atoms with Crippen LogP contribution in [0, 0.1) is 12.7 Å². The lowest BCUT2D eigenvalue weighted by molar-refractivity contribution is -0.134. The van der Waals surface area contributed by atoms with Crippen molar-refractivity contribution in [3.8, 4) is 11.4 Å². The summed E-state index contributed by atoms with van der Waals surface area (Å²) < 4.78 is 17.2. The standard InChI is InChI=1S/C22H27FN6O/c1-4-27(13-17-14-28(5-2)26-15(17)3)22(30)19-7-6-12-29-20(24-25-21(19)29)16-8-10-18(23)11-9-16/h8-11,14,19H,4-7,12-13H2,1-3H3. The van der Waals surface area contributed by atoms with Gasteiger partial charge in [-0.1, -0.05) is 0 Å². The van der Waals surface area contributed by atoms with E-state index < -0.39 is 0 Å². The van der Waals surface area contributed by atoms with Crippen molar-refractivity contribution in [3.63, 3.8) is 0 Å². The summed E-state index contributed by atoms with van der Waals surface area (Å²) >= 11 is 0.